The van der Waals surface area contributed by atoms with Gasteiger partial charge >= 0.3 is 6.01 Å². The molecule has 5 heteroatoms. The van der Waals surface area contributed by atoms with Crippen LogP contribution in [-0.4, -0.2) is 29.2 Å². The van der Waals surface area contributed by atoms with Gasteiger partial charge in [0.2, 0.25) is 0 Å². The van der Waals surface area contributed by atoms with E-state index in [9.17, 15) is 0 Å². The van der Waals surface area contributed by atoms with Gasteiger partial charge in [-0.2, -0.15) is 0 Å². The van der Waals surface area contributed by atoms with Gasteiger partial charge in [-0.1, -0.05) is 18.0 Å². The first-order chi connectivity index (χ1) is 7.34. The van der Waals surface area contributed by atoms with Crippen LogP contribution in [0, 0.1) is 0 Å². The lowest BCUT2D eigenvalue weighted by Crippen LogP contribution is -2.38. The molecule has 15 heavy (non-hydrogen) atoms. The van der Waals surface area contributed by atoms with Gasteiger partial charge in [0.25, 0.3) is 0 Å². The molecule has 0 saturated carbocycles. The zero-order valence-corrected chi connectivity index (χ0v) is 9.20. The lowest BCUT2D eigenvalue weighted by Gasteiger charge is -2.22. The lowest BCUT2D eigenvalue weighted by molar-refractivity contribution is 0.224. The standard InChI is InChI=1S/C10H14ClN3O/c11-8-5-13-10(14-6-8)15-7-9-3-1-2-4-12-9/h5-6,9,12H,1-4,7H2. The van der Waals surface area contributed by atoms with Crippen LogP contribution in [-0.2, 0) is 0 Å². The summed E-state index contributed by atoms with van der Waals surface area (Å²) in [6.07, 6.45) is 6.76. The molecule has 1 atom stereocenters. The summed E-state index contributed by atoms with van der Waals surface area (Å²) in [5.41, 5.74) is 0. The number of rotatable bonds is 3. The summed E-state index contributed by atoms with van der Waals surface area (Å²) < 4.78 is 5.46. The largest absolute Gasteiger partial charge is 0.462 e. The highest BCUT2D eigenvalue weighted by atomic mass is 35.5. The molecule has 1 aliphatic rings. The molecule has 1 N–H and O–H groups in total. The molecule has 2 heterocycles. The second-order valence-corrected chi connectivity index (χ2v) is 4.08. The fourth-order valence-electron chi connectivity index (χ4n) is 1.62. The highest BCUT2D eigenvalue weighted by Crippen LogP contribution is 2.10. The Morgan fingerprint density at radius 3 is 2.87 bits per heavy atom. The Labute approximate surface area is 94.0 Å². The van der Waals surface area contributed by atoms with E-state index in [-0.39, 0.29) is 0 Å². The fraction of sp³-hybridized carbons (Fsp3) is 0.600. The number of halogens is 1. The highest BCUT2D eigenvalue weighted by Gasteiger charge is 2.13. The molecule has 1 fully saturated rings. The minimum Gasteiger partial charge on any atom is -0.462 e. The van der Waals surface area contributed by atoms with Gasteiger partial charge in [-0.3, -0.25) is 0 Å². The predicted octanol–water partition coefficient (Wildman–Crippen LogP) is 1.65. The number of nitrogens with zero attached hydrogens (tertiary/aromatic N) is 2. The van der Waals surface area contributed by atoms with Crippen molar-refractivity contribution in [2.75, 3.05) is 13.2 Å². The normalized spacial score (nSPS) is 21.3. The number of hydrogen-bond acceptors (Lipinski definition) is 4. The van der Waals surface area contributed by atoms with E-state index in [2.05, 4.69) is 15.3 Å². The van der Waals surface area contributed by atoms with Crippen LogP contribution in [0.1, 0.15) is 19.3 Å². The van der Waals surface area contributed by atoms with Gasteiger partial charge in [0.1, 0.15) is 6.61 Å². The molecule has 1 aromatic heterocycles. The average molecular weight is 228 g/mol. The molecule has 1 aliphatic heterocycles. The van der Waals surface area contributed by atoms with Crippen LogP contribution in [0.25, 0.3) is 0 Å². The molecule has 1 saturated heterocycles. The van der Waals surface area contributed by atoms with Gasteiger partial charge in [-0.15, -0.1) is 0 Å². The van der Waals surface area contributed by atoms with E-state index in [4.69, 9.17) is 16.3 Å². The number of hydrogen-bond donors (Lipinski definition) is 1. The highest BCUT2D eigenvalue weighted by molar-refractivity contribution is 6.30. The Morgan fingerprint density at radius 2 is 2.20 bits per heavy atom. The van der Waals surface area contributed by atoms with Gasteiger partial charge < -0.3 is 10.1 Å². The van der Waals surface area contributed by atoms with Crippen molar-refractivity contribution in [2.24, 2.45) is 0 Å². The molecule has 0 aromatic carbocycles. The molecule has 0 aliphatic carbocycles. The summed E-state index contributed by atoms with van der Waals surface area (Å²) in [7, 11) is 0. The van der Waals surface area contributed by atoms with Crippen LogP contribution in [0.4, 0.5) is 0 Å². The number of ether oxygens (including phenoxy) is 1. The average Bonchev–Trinajstić information content (AvgIpc) is 2.30. The van der Waals surface area contributed by atoms with Crippen molar-refractivity contribution < 1.29 is 4.74 Å². The Balaban J connectivity index is 1.79. The molecule has 0 radical (unpaired) electrons. The third-order valence-corrected chi connectivity index (χ3v) is 2.62. The summed E-state index contributed by atoms with van der Waals surface area (Å²) in [6, 6.07) is 0.824. The van der Waals surface area contributed by atoms with E-state index in [1.807, 2.05) is 0 Å². The first-order valence-electron chi connectivity index (χ1n) is 5.18. The molecule has 0 spiro atoms. The zero-order valence-electron chi connectivity index (χ0n) is 8.45. The van der Waals surface area contributed by atoms with Crippen LogP contribution >= 0.6 is 11.6 Å². The Hall–Kier alpha value is -0.870. The molecule has 4 nitrogen and oxygen atoms in total. The van der Waals surface area contributed by atoms with Gasteiger partial charge in [-0.05, 0) is 19.4 Å². The van der Waals surface area contributed by atoms with Gasteiger partial charge in [0.15, 0.2) is 0 Å². The van der Waals surface area contributed by atoms with Crippen LogP contribution < -0.4 is 10.1 Å². The second-order valence-electron chi connectivity index (χ2n) is 3.64. The van der Waals surface area contributed by atoms with E-state index < -0.39 is 0 Å². The SMILES string of the molecule is Clc1cnc(OCC2CCCCN2)nc1. The van der Waals surface area contributed by atoms with E-state index in [1.54, 1.807) is 0 Å². The number of nitrogens with one attached hydrogen (secondary N) is 1. The first kappa shape index (κ1) is 10.6. The minimum atomic E-state index is 0.395. The Kier molecular flexibility index (Phi) is 3.75. The monoisotopic (exact) mass is 227 g/mol. The van der Waals surface area contributed by atoms with Crippen LogP contribution in [0.15, 0.2) is 12.4 Å². The maximum atomic E-state index is 5.67. The van der Waals surface area contributed by atoms with Crippen molar-refractivity contribution in [1.82, 2.24) is 15.3 Å². The molecule has 1 aromatic rings. The smallest absolute Gasteiger partial charge is 0.316 e. The third-order valence-electron chi connectivity index (χ3n) is 2.42. The quantitative estimate of drug-likeness (QED) is 0.853. The van der Waals surface area contributed by atoms with Gasteiger partial charge in [0.05, 0.1) is 17.4 Å². The molecule has 1 unspecified atom stereocenters. The maximum absolute atomic E-state index is 5.67. The summed E-state index contributed by atoms with van der Waals surface area (Å²) in [5, 5.41) is 3.92. The van der Waals surface area contributed by atoms with Crippen LogP contribution in [0.5, 0.6) is 6.01 Å². The van der Waals surface area contributed by atoms with Crippen molar-refractivity contribution in [3.05, 3.63) is 17.4 Å². The van der Waals surface area contributed by atoms with Crippen molar-refractivity contribution in [2.45, 2.75) is 25.3 Å². The molecule has 0 bridgehead atoms. The van der Waals surface area contributed by atoms with Crippen LogP contribution in [0.3, 0.4) is 0 Å². The van der Waals surface area contributed by atoms with E-state index in [1.165, 1.54) is 25.2 Å². The summed E-state index contributed by atoms with van der Waals surface area (Å²) >= 11 is 5.67. The topological polar surface area (TPSA) is 47.0 Å². The Bertz CT molecular complexity index is 298. The lowest BCUT2D eigenvalue weighted by atomic mass is 10.1. The fourth-order valence-corrected chi connectivity index (χ4v) is 1.71. The zero-order chi connectivity index (χ0) is 10.5. The third kappa shape index (κ3) is 3.32. The van der Waals surface area contributed by atoms with Gasteiger partial charge in [0, 0.05) is 6.04 Å². The van der Waals surface area contributed by atoms with Crippen molar-refractivity contribution in [3.63, 3.8) is 0 Å². The summed E-state index contributed by atoms with van der Waals surface area (Å²) in [4.78, 5) is 7.94. The van der Waals surface area contributed by atoms with Gasteiger partial charge in [-0.25, -0.2) is 9.97 Å². The molecule has 0 amide bonds. The molecule has 2 rings (SSSR count). The van der Waals surface area contributed by atoms with Crippen LogP contribution in [0.2, 0.25) is 5.02 Å². The summed E-state index contributed by atoms with van der Waals surface area (Å²) in [6.45, 7) is 1.71. The van der Waals surface area contributed by atoms with Crippen molar-refractivity contribution in [1.29, 1.82) is 0 Å². The molecular formula is C10H14ClN3O. The maximum Gasteiger partial charge on any atom is 0.316 e. The Morgan fingerprint density at radius 1 is 1.40 bits per heavy atom. The first-order valence-corrected chi connectivity index (χ1v) is 5.56. The van der Waals surface area contributed by atoms with Crippen molar-refractivity contribution >= 4 is 11.6 Å². The summed E-state index contributed by atoms with van der Waals surface area (Å²) in [5.74, 6) is 0. The number of piperidine rings is 1. The molecule has 82 valence electrons. The van der Waals surface area contributed by atoms with Crippen molar-refractivity contribution in [3.8, 4) is 6.01 Å². The minimum absolute atomic E-state index is 0.395. The predicted molar refractivity (Wildman–Crippen MR) is 58.2 cm³/mol. The van der Waals surface area contributed by atoms with E-state index in [0.29, 0.717) is 23.7 Å². The van der Waals surface area contributed by atoms with E-state index >= 15 is 0 Å². The van der Waals surface area contributed by atoms with E-state index in [0.717, 1.165) is 13.0 Å². The molecular weight excluding hydrogens is 214 g/mol. The number of aromatic nitrogens is 2. The second kappa shape index (κ2) is 5.28.